The van der Waals surface area contributed by atoms with Gasteiger partial charge >= 0.3 is 0 Å². The molecular weight excluding hydrogens is 397 g/mol. The number of rotatable bonds is 7. The van der Waals surface area contributed by atoms with Gasteiger partial charge in [-0.2, -0.15) is 0 Å². The van der Waals surface area contributed by atoms with Crippen LogP contribution >= 0.6 is 0 Å². The first kappa shape index (κ1) is 20.7. The largest absolute Gasteiger partial charge is 0.461 e. The molecular formula is C24H24FN3O3. The summed E-state index contributed by atoms with van der Waals surface area (Å²) in [6.45, 7) is 1.81. The molecule has 0 unspecified atom stereocenters. The predicted octanol–water partition coefficient (Wildman–Crippen LogP) is 4.36. The molecule has 0 atom stereocenters. The summed E-state index contributed by atoms with van der Waals surface area (Å²) in [5, 5.41) is 2.91. The lowest BCUT2D eigenvalue weighted by molar-refractivity contribution is -0.116. The van der Waals surface area contributed by atoms with E-state index >= 15 is 0 Å². The van der Waals surface area contributed by atoms with Crippen LogP contribution in [0.5, 0.6) is 0 Å². The Bertz CT molecular complexity index is 1100. The predicted molar refractivity (Wildman–Crippen MR) is 117 cm³/mol. The number of hydrogen-bond donors (Lipinski definition) is 2. The number of nitrogens with zero attached hydrogens (tertiary/aromatic N) is 1. The average molecular weight is 421 g/mol. The van der Waals surface area contributed by atoms with Gasteiger partial charge in [0, 0.05) is 31.5 Å². The molecule has 31 heavy (non-hydrogen) atoms. The lowest BCUT2D eigenvalue weighted by atomic mass is 10.1. The first-order valence-electron chi connectivity index (χ1n) is 10.3. The van der Waals surface area contributed by atoms with Crippen molar-refractivity contribution in [3.05, 3.63) is 71.7 Å². The van der Waals surface area contributed by atoms with Crippen LogP contribution in [0.25, 0.3) is 11.3 Å². The highest BCUT2D eigenvalue weighted by Crippen LogP contribution is 2.30. The molecule has 0 aliphatic carbocycles. The summed E-state index contributed by atoms with van der Waals surface area (Å²) in [6, 6.07) is 15.0. The van der Waals surface area contributed by atoms with Crippen molar-refractivity contribution in [1.29, 1.82) is 0 Å². The molecule has 7 heteroatoms. The van der Waals surface area contributed by atoms with Gasteiger partial charge in [-0.25, -0.2) is 4.39 Å². The Balaban J connectivity index is 1.44. The SMILES string of the molecule is NC(=O)c1ccc(N2CCCC2)c(NC(=O)CCc2ccc(-c3ccccc3F)o2)c1. The number of nitrogens with one attached hydrogen (secondary N) is 1. The molecule has 3 N–H and O–H groups in total. The van der Waals surface area contributed by atoms with Gasteiger partial charge in [0.05, 0.1) is 16.9 Å². The third-order valence-corrected chi connectivity index (χ3v) is 5.40. The number of furan rings is 1. The van der Waals surface area contributed by atoms with Crippen LogP contribution in [0.4, 0.5) is 15.8 Å². The third kappa shape index (κ3) is 4.77. The number of carbonyl (C=O) groups is 2. The summed E-state index contributed by atoms with van der Waals surface area (Å²) >= 11 is 0. The fourth-order valence-electron chi connectivity index (χ4n) is 3.79. The van der Waals surface area contributed by atoms with Gasteiger partial charge in [0.2, 0.25) is 11.8 Å². The van der Waals surface area contributed by atoms with Crippen LogP contribution in [0.1, 0.15) is 35.4 Å². The quantitative estimate of drug-likeness (QED) is 0.593. The topological polar surface area (TPSA) is 88.6 Å². The summed E-state index contributed by atoms with van der Waals surface area (Å²) in [6.07, 6.45) is 2.74. The maximum absolute atomic E-state index is 13.9. The normalized spacial score (nSPS) is 13.4. The zero-order valence-corrected chi connectivity index (χ0v) is 17.1. The summed E-state index contributed by atoms with van der Waals surface area (Å²) < 4.78 is 19.7. The highest BCUT2D eigenvalue weighted by Gasteiger charge is 2.19. The number of amides is 2. The van der Waals surface area contributed by atoms with E-state index in [0.717, 1.165) is 31.6 Å². The maximum Gasteiger partial charge on any atom is 0.248 e. The van der Waals surface area contributed by atoms with E-state index in [2.05, 4.69) is 10.2 Å². The third-order valence-electron chi connectivity index (χ3n) is 5.40. The molecule has 0 bridgehead atoms. The number of halogens is 1. The van der Waals surface area contributed by atoms with Crippen molar-refractivity contribution >= 4 is 23.2 Å². The Morgan fingerprint density at radius 2 is 1.84 bits per heavy atom. The molecule has 160 valence electrons. The van der Waals surface area contributed by atoms with Crippen molar-refractivity contribution in [3.8, 4) is 11.3 Å². The summed E-state index contributed by atoms with van der Waals surface area (Å²) in [4.78, 5) is 26.4. The van der Waals surface area contributed by atoms with Crippen LogP contribution in [-0.2, 0) is 11.2 Å². The van der Waals surface area contributed by atoms with Crippen molar-refractivity contribution in [2.75, 3.05) is 23.3 Å². The first-order chi connectivity index (χ1) is 15.0. The van der Waals surface area contributed by atoms with E-state index in [4.69, 9.17) is 10.2 Å². The Morgan fingerprint density at radius 3 is 2.58 bits per heavy atom. The lowest BCUT2D eigenvalue weighted by Gasteiger charge is -2.22. The molecule has 2 aromatic carbocycles. The molecule has 1 aromatic heterocycles. The number of carbonyl (C=O) groups excluding carboxylic acids is 2. The van der Waals surface area contributed by atoms with Crippen molar-refractivity contribution < 1.29 is 18.4 Å². The number of primary amides is 1. The van der Waals surface area contributed by atoms with Gasteiger partial charge in [-0.05, 0) is 55.3 Å². The van der Waals surface area contributed by atoms with E-state index in [1.54, 1.807) is 42.5 Å². The zero-order valence-electron chi connectivity index (χ0n) is 17.1. The van der Waals surface area contributed by atoms with E-state index in [-0.39, 0.29) is 18.1 Å². The molecule has 2 heterocycles. The fraction of sp³-hybridized carbons (Fsp3) is 0.250. The fourth-order valence-corrected chi connectivity index (χ4v) is 3.79. The molecule has 4 rings (SSSR count). The second kappa shape index (κ2) is 9.04. The number of nitrogens with two attached hydrogens (primary N) is 1. The van der Waals surface area contributed by atoms with Crippen LogP contribution in [0.3, 0.4) is 0 Å². The molecule has 0 saturated carbocycles. The Labute approximate surface area is 179 Å². The van der Waals surface area contributed by atoms with Gasteiger partial charge in [-0.3, -0.25) is 9.59 Å². The smallest absolute Gasteiger partial charge is 0.248 e. The summed E-state index contributed by atoms with van der Waals surface area (Å²) in [5.74, 6) is -0.0754. The van der Waals surface area contributed by atoms with Crippen molar-refractivity contribution in [2.24, 2.45) is 5.73 Å². The minimum absolute atomic E-state index is 0.185. The molecule has 2 amide bonds. The van der Waals surface area contributed by atoms with Gasteiger partial charge in [0.1, 0.15) is 17.3 Å². The molecule has 6 nitrogen and oxygen atoms in total. The Hall–Kier alpha value is -3.61. The van der Waals surface area contributed by atoms with Crippen molar-refractivity contribution in [1.82, 2.24) is 0 Å². The van der Waals surface area contributed by atoms with Crippen LogP contribution in [0.2, 0.25) is 0 Å². The highest BCUT2D eigenvalue weighted by molar-refractivity contribution is 5.99. The summed E-state index contributed by atoms with van der Waals surface area (Å²) in [5.41, 5.74) is 7.60. The van der Waals surface area contributed by atoms with Gasteiger partial charge in [-0.15, -0.1) is 0 Å². The van der Waals surface area contributed by atoms with Crippen LogP contribution in [0, 0.1) is 5.82 Å². The van der Waals surface area contributed by atoms with Gasteiger partial charge in [-0.1, -0.05) is 12.1 Å². The van der Waals surface area contributed by atoms with Crippen LogP contribution in [0.15, 0.2) is 59.0 Å². The van der Waals surface area contributed by atoms with Gasteiger partial charge in [0.25, 0.3) is 0 Å². The minimum atomic E-state index is -0.542. The van der Waals surface area contributed by atoms with Crippen LogP contribution < -0.4 is 16.0 Å². The lowest BCUT2D eigenvalue weighted by Crippen LogP contribution is -2.22. The molecule has 3 aromatic rings. The van der Waals surface area contributed by atoms with Gasteiger partial charge < -0.3 is 20.4 Å². The maximum atomic E-state index is 13.9. The van der Waals surface area contributed by atoms with E-state index in [0.29, 0.717) is 34.8 Å². The standard InChI is InChI=1S/C24H24FN3O3/c25-19-6-2-1-5-18(19)22-11-8-17(31-22)9-12-23(29)27-20-15-16(24(26)30)7-10-21(20)28-13-3-4-14-28/h1-2,5-8,10-11,15H,3-4,9,12-14H2,(H2,26,30)(H,27,29). The summed E-state index contributed by atoms with van der Waals surface area (Å²) in [7, 11) is 0. The molecule has 0 radical (unpaired) electrons. The monoisotopic (exact) mass is 421 g/mol. The van der Waals surface area contributed by atoms with Crippen molar-refractivity contribution in [3.63, 3.8) is 0 Å². The van der Waals surface area contributed by atoms with Crippen LogP contribution in [-0.4, -0.2) is 24.9 Å². The van der Waals surface area contributed by atoms with Crippen molar-refractivity contribution in [2.45, 2.75) is 25.7 Å². The second-order valence-electron chi connectivity index (χ2n) is 7.58. The minimum Gasteiger partial charge on any atom is -0.461 e. The highest BCUT2D eigenvalue weighted by atomic mass is 19.1. The molecule has 1 fully saturated rings. The molecule has 1 aliphatic heterocycles. The van der Waals surface area contributed by atoms with Gasteiger partial charge in [0.15, 0.2) is 0 Å². The second-order valence-corrected chi connectivity index (χ2v) is 7.58. The average Bonchev–Trinajstić information content (AvgIpc) is 3.45. The number of benzene rings is 2. The molecule has 0 spiro atoms. The molecule has 1 saturated heterocycles. The zero-order chi connectivity index (χ0) is 21.8. The number of anilines is 2. The van der Waals surface area contributed by atoms with E-state index < -0.39 is 5.91 Å². The van der Waals surface area contributed by atoms with E-state index in [9.17, 15) is 14.0 Å². The first-order valence-corrected chi connectivity index (χ1v) is 10.3. The Kier molecular flexibility index (Phi) is 6.02. The molecule has 1 aliphatic rings. The Morgan fingerprint density at radius 1 is 1.06 bits per heavy atom. The van der Waals surface area contributed by atoms with E-state index in [1.165, 1.54) is 6.07 Å². The number of hydrogen-bond acceptors (Lipinski definition) is 4. The van der Waals surface area contributed by atoms with E-state index in [1.807, 2.05) is 6.07 Å². The number of aryl methyl sites for hydroxylation is 1.